The van der Waals surface area contributed by atoms with Gasteiger partial charge in [-0.2, -0.15) is 0 Å². The van der Waals surface area contributed by atoms with Crippen LogP contribution in [0, 0.1) is 0 Å². The molecule has 1 aromatic heterocycles. The highest BCUT2D eigenvalue weighted by Crippen LogP contribution is 2.30. The van der Waals surface area contributed by atoms with E-state index >= 15 is 0 Å². The molecule has 1 aromatic carbocycles. The molecule has 0 radical (unpaired) electrons. The van der Waals surface area contributed by atoms with Crippen molar-refractivity contribution in [1.82, 2.24) is 10.3 Å². The maximum atomic E-state index is 4.65. The zero-order chi connectivity index (χ0) is 9.38. The van der Waals surface area contributed by atoms with E-state index in [0.29, 0.717) is 6.04 Å². The van der Waals surface area contributed by atoms with Crippen LogP contribution in [-0.2, 0) is 0 Å². The van der Waals surface area contributed by atoms with Crippen molar-refractivity contribution in [3.05, 3.63) is 29.3 Å². The average molecular weight is 204 g/mol. The van der Waals surface area contributed by atoms with Gasteiger partial charge in [-0.1, -0.05) is 12.1 Å². The lowest BCUT2D eigenvalue weighted by Crippen LogP contribution is -2.12. The molecule has 2 heterocycles. The van der Waals surface area contributed by atoms with Crippen LogP contribution in [0.3, 0.4) is 0 Å². The third kappa shape index (κ3) is 1.33. The highest BCUT2D eigenvalue weighted by Gasteiger charge is 2.19. The van der Waals surface area contributed by atoms with E-state index in [1.54, 1.807) is 0 Å². The predicted octanol–water partition coefficient (Wildman–Crippen LogP) is 2.72. The number of nitrogens with zero attached hydrogens (tertiary/aromatic N) is 1. The smallest absolute Gasteiger partial charge is 0.111 e. The summed E-state index contributed by atoms with van der Waals surface area (Å²) in [6.45, 7) is 1.14. The largest absolute Gasteiger partial charge is 0.308 e. The van der Waals surface area contributed by atoms with E-state index in [4.69, 9.17) is 0 Å². The number of hydrogen-bond donors (Lipinski definition) is 1. The number of benzene rings is 1. The second-order valence-corrected chi connectivity index (χ2v) is 4.73. The first kappa shape index (κ1) is 8.38. The number of nitrogens with one attached hydrogen (secondary N) is 1. The van der Waals surface area contributed by atoms with Crippen molar-refractivity contribution in [2.45, 2.75) is 18.9 Å². The molecule has 1 N–H and O–H groups in total. The second kappa shape index (κ2) is 3.33. The Hall–Kier alpha value is -0.930. The Kier molecular flexibility index (Phi) is 2.00. The number of para-hydroxylation sites is 1. The highest BCUT2D eigenvalue weighted by molar-refractivity contribution is 7.18. The normalized spacial score (nSPS) is 21.9. The standard InChI is InChI=1S/C11H12N2S/c1-2-6-10-8(4-1)13-11(14-10)9-5-3-7-12-9/h1-2,4,6,9,12H,3,5,7H2. The highest BCUT2D eigenvalue weighted by atomic mass is 32.1. The molecule has 2 aromatic rings. The Morgan fingerprint density at radius 1 is 1.36 bits per heavy atom. The third-order valence-corrected chi connectivity index (χ3v) is 3.82. The van der Waals surface area contributed by atoms with E-state index in [9.17, 15) is 0 Å². The molecule has 1 atom stereocenters. The van der Waals surface area contributed by atoms with Gasteiger partial charge < -0.3 is 5.32 Å². The average Bonchev–Trinajstić information content (AvgIpc) is 2.86. The number of hydrogen-bond acceptors (Lipinski definition) is 3. The van der Waals surface area contributed by atoms with Gasteiger partial charge >= 0.3 is 0 Å². The maximum absolute atomic E-state index is 4.65. The summed E-state index contributed by atoms with van der Waals surface area (Å²) in [5.74, 6) is 0. The van der Waals surface area contributed by atoms with Gasteiger partial charge in [0.15, 0.2) is 0 Å². The molecule has 0 bridgehead atoms. The molecule has 1 saturated heterocycles. The fourth-order valence-corrected chi connectivity index (χ4v) is 3.01. The molecular formula is C11H12N2S. The summed E-state index contributed by atoms with van der Waals surface area (Å²) in [7, 11) is 0. The van der Waals surface area contributed by atoms with Gasteiger partial charge in [-0.15, -0.1) is 11.3 Å². The van der Waals surface area contributed by atoms with Gasteiger partial charge in [-0.05, 0) is 31.5 Å². The minimum Gasteiger partial charge on any atom is -0.308 e. The first-order valence-electron chi connectivity index (χ1n) is 5.02. The molecule has 0 spiro atoms. The first-order valence-corrected chi connectivity index (χ1v) is 5.84. The number of thiazole rings is 1. The summed E-state index contributed by atoms with van der Waals surface area (Å²) in [4.78, 5) is 4.65. The van der Waals surface area contributed by atoms with Gasteiger partial charge in [0.1, 0.15) is 5.01 Å². The minimum atomic E-state index is 0.507. The Morgan fingerprint density at radius 3 is 3.07 bits per heavy atom. The van der Waals surface area contributed by atoms with E-state index in [0.717, 1.165) is 12.1 Å². The lowest BCUT2D eigenvalue weighted by Gasteiger charge is -2.03. The van der Waals surface area contributed by atoms with E-state index in [1.165, 1.54) is 22.5 Å². The summed E-state index contributed by atoms with van der Waals surface area (Å²) in [6, 6.07) is 8.86. The summed E-state index contributed by atoms with van der Waals surface area (Å²) in [6.07, 6.45) is 2.51. The minimum absolute atomic E-state index is 0.507. The van der Waals surface area contributed by atoms with Crippen molar-refractivity contribution < 1.29 is 0 Å². The van der Waals surface area contributed by atoms with Gasteiger partial charge in [0.05, 0.1) is 16.3 Å². The fraction of sp³-hybridized carbons (Fsp3) is 0.364. The van der Waals surface area contributed by atoms with Crippen molar-refractivity contribution in [2.24, 2.45) is 0 Å². The van der Waals surface area contributed by atoms with Gasteiger partial charge in [0.25, 0.3) is 0 Å². The molecule has 14 heavy (non-hydrogen) atoms. The van der Waals surface area contributed by atoms with Gasteiger partial charge in [-0.3, -0.25) is 0 Å². The van der Waals surface area contributed by atoms with Crippen LogP contribution in [0.4, 0.5) is 0 Å². The molecule has 0 aliphatic carbocycles. The van der Waals surface area contributed by atoms with Crippen molar-refractivity contribution in [3.63, 3.8) is 0 Å². The topological polar surface area (TPSA) is 24.9 Å². The maximum Gasteiger partial charge on any atom is 0.111 e. The van der Waals surface area contributed by atoms with Crippen LogP contribution in [0.5, 0.6) is 0 Å². The SMILES string of the molecule is c1ccc2sc(C3CCCN3)nc2c1. The van der Waals surface area contributed by atoms with Crippen LogP contribution >= 0.6 is 11.3 Å². The predicted molar refractivity (Wildman–Crippen MR) is 59.6 cm³/mol. The van der Waals surface area contributed by atoms with Crippen LogP contribution in [0.15, 0.2) is 24.3 Å². The van der Waals surface area contributed by atoms with Crippen molar-refractivity contribution in [3.8, 4) is 0 Å². The Balaban J connectivity index is 2.05. The molecule has 0 saturated carbocycles. The monoisotopic (exact) mass is 204 g/mol. The van der Waals surface area contributed by atoms with E-state index in [1.807, 2.05) is 17.4 Å². The van der Waals surface area contributed by atoms with Crippen LogP contribution in [0.25, 0.3) is 10.2 Å². The molecule has 0 amide bonds. The quantitative estimate of drug-likeness (QED) is 0.772. The van der Waals surface area contributed by atoms with Gasteiger partial charge in [0, 0.05) is 0 Å². The Morgan fingerprint density at radius 2 is 2.29 bits per heavy atom. The fourth-order valence-electron chi connectivity index (χ4n) is 1.93. The summed E-state index contributed by atoms with van der Waals surface area (Å²) < 4.78 is 1.30. The van der Waals surface area contributed by atoms with E-state index < -0.39 is 0 Å². The number of fused-ring (bicyclic) bond motifs is 1. The summed E-state index contributed by atoms with van der Waals surface area (Å²) >= 11 is 1.82. The Bertz CT molecular complexity index is 410. The molecule has 1 aliphatic rings. The molecule has 3 heteroatoms. The van der Waals surface area contributed by atoms with Crippen LogP contribution in [-0.4, -0.2) is 11.5 Å². The van der Waals surface area contributed by atoms with Crippen LogP contribution in [0.1, 0.15) is 23.9 Å². The lowest BCUT2D eigenvalue weighted by molar-refractivity contribution is 0.644. The van der Waals surface area contributed by atoms with Crippen LogP contribution < -0.4 is 5.32 Å². The first-order chi connectivity index (χ1) is 6.93. The number of aromatic nitrogens is 1. The molecule has 1 aliphatic heterocycles. The zero-order valence-electron chi connectivity index (χ0n) is 7.86. The Labute approximate surface area is 87.0 Å². The van der Waals surface area contributed by atoms with Crippen molar-refractivity contribution >= 4 is 21.6 Å². The summed E-state index contributed by atoms with van der Waals surface area (Å²) in [5, 5.41) is 4.74. The van der Waals surface area contributed by atoms with Crippen molar-refractivity contribution in [2.75, 3.05) is 6.54 Å². The lowest BCUT2D eigenvalue weighted by atomic mass is 10.2. The van der Waals surface area contributed by atoms with Gasteiger partial charge in [-0.25, -0.2) is 4.98 Å². The summed E-state index contributed by atoms with van der Waals surface area (Å²) in [5.41, 5.74) is 1.14. The zero-order valence-corrected chi connectivity index (χ0v) is 8.68. The van der Waals surface area contributed by atoms with Crippen LogP contribution in [0.2, 0.25) is 0 Å². The number of rotatable bonds is 1. The third-order valence-electron chi connectivity index (χ3n) is 2.67. The van der Waals surface area contributed by atoms with Gasteiger partial charge in [0.2, 0.25) is 0 Å². The molecule has 3 rings (SSSR count). The van der Waals surface area contributed by atoms with E-state index in [2.05, 4.69) is 28.5 Å². The molecule has 72 valence electrons. The molecule has 1 unspecified atom stereocenters. The second-order valence-electron chi connectivity index (χ2n) is 3.67. The molecule has 2 nitrogen and oxygen atoms in total. The molecule has 1 fully saturated rings. The van der Waals surface area contributed by atoms with Crippen molar-refractivity contribution in [1.29, 1.82) is 0 Å². The molecular weight excluding hydrogens is 192 g/mol. The van der Waals surface area contributed by atoms with E-state index in [-0.39, 0.29) is 0 Å².